The largest absolute Gasteiger partial charge is 0.494 e. The molecule has 0 aliphatic carbocycles. The van der Waals surface area contributed by atoms with Crippen molar-refractivity contribution >= 4 is 12.0 Å². The Morgan fingerprint density at radius 2 is 2.06 bits per heavy atom. The van der Waals surface area contributed by atoms with Crippen LogP contribution < -0.4 is 4.74 Å². The molecule has 0 aromatic heterocycles. The average Bonchev–Trinajstić information content (AvgIpc) is 2.29. The molecule has 1 rings (SSSR count). The van der Waals surface area contributed by atoms with Gasteiger partial charge in [0.1, 0.15) is 5.82 Å². The Labute approximate surface area is 97.3 Å². The molecule has 0 saturated carbocycles. The molecule has 0 aliphatic rings. The van der Waals surface area contributed by atoms with E-state index in [1.54, 1.807) is 6.92 Å². The van der Waals surface area contributed by atoms with Crippen molar-refractivity contribution in [3.8, 4) is 5.75 Å². The van der Waals surface area contributed by atoms with Gasteiger partial charge in [0.05, 0.1) is 7.11 Å². The van der Waals surface area contributed by atoms with Crippen LogP contribution in [0.2, 0.25) is 0 Å². The van der Waals surface area contributed by atoms with Gasteiger partial charge in [-0.1, -0.05) is 6.92 Å². The molecule has 0 fully saturated rings. The Balaban J connectivity index is 3.24. The number of aliphatic carboxylic acids is 1. The van der Waals surface area contributed by atoms with Crippen molar-refractivity contribution in [3.05, 3.63) is 34.9 Å². The van der Waals surface area contributed by atoms with Gasteiger partial charge in [0.25, 0.3) is 0 Å². The van der Waals surface area contributed by atoms with Crippen LogP contribution >= 0.6 is 0 Å². The Bertz CT molecular complexity index is 467. The lowest BCUT2D eigenvalue weighted by Gasteiger charge is -2.05. The van der Waals surface area contributed by atoms with Gasteiger partial charge >= 0.3 is 5.97 Å². The van der Waals surface area contributed by atoms with E-state index in [1.165, 1.54) is 7.11 Å². The van der Waals surface area contributed by atoms with E-state index in [2.05, 4.69) is 4.74 Å². The van der Waals surface area contributed by atoms with Gasteiger partial charge in [-0.25, -0.2) is 13.6 Å². The Hall–Kier alpha value is -1.91. The molecule has 0 amide bonds. The van der Waals surface area contributed by atoms with Crippen LogP contribution in [0, 0.1) is 11.6 Å². The molecule has 5 heteroatoms. The Morgan fingerprint density at radius 1 is 1.41 bits per heavy atom. The van der Waals surface area contributed by atoms with E-state index in [1.807, 2.05) is 0 Å². The maximum Gasteiger partial charge on any atom is 0.331 e. The third-order valence-electron chi connectivity index (χ3n) is 2.26. The van der Waals surface area contributed by atoms with Gasteiger partial charge in [-0.05, 0) is 18.6 Å². The quantitative estimate of drug-likeness (QED) is 0.826. The minimum Gasteiger partial charge on any atom is -0.494 e. The van der Waals surface area contributed by atoms with Crippen LogP contribution in [0.4, 0.5) is 8.78 Å². The minimum atomic E-state index is -1.15. The predicted octanol–water partition coefficient (Wildman–Crippen LogP) is 2.85. The Morgan fingerprint density at radius 3 is 2.53 bits per heavy atom. The summed E-state index contributed by atoms with van der Waals surface area (Å²) in [7, 11) is 1.22. The molecule has 3 nitrogen and oxygen atoms in total. The molecule has 92 valence electrons. The van der Waals surface area contributed by atoms with Gasteiger partial charge in [0.15, 0.2) is 11.6 Å². The second-order valence-corrected chi connectivity index (χ2v) is 3.34. The highest BCUT2D eigenvalue weighted by atomic mass is 19.1. The molecule has 0 atom stereocenters. The van der Waals surface area contributed by atoms with E-state index >= 15 is 0 Å². The molecule has 1 N–H and O–H groups in total. The van der Waals surface area contributed by atoms with Crippen molar-refractivity contribution in [1.82, 2.24) is 0 Å². The van der Waals surface area contributed by atoms with Gasteiger partial charge in [-0.3, -0.25) is 0 Å². The zero-order chi connectivity index (χ0) is 13.0. The smallest absolute Gasteiger partial charge is 0.331 e. The molecule has 0 aliphatic heterocycles. The summed E-state index contributed by atoms with van der Waals surface area (Å²) >= 11 is 0. The number of hydrogen-bond acceptors (Lipinski definition) is 2. The molecule has 0 spiro atoms. The molecule has 0 radical (unpaired) electrons. The second kappa shape index (κ2) is 5.43. The normalized spacial score (nSPS) is 11.4. The zero-order valence-corrected chi connectivity index (χ0v) is 9.46. The fraction of sp³-hybridized carbons (Fsp3) is 0.250. The lowest BCUT2D eigenvalue weighted by Crippen LogP contribution is -2.00. The number of ether oxygens (including phenoxy) is 1. The molecule has 0 bridgehead atoms. The van der Waals surface area contributed by atoms with E-state index < -0.39 is 17.6 Å². The van der Waals surface area contributed by atoms with Gasteiger partial charge in [0.2, 0.25) is 0 Å². The fourth-order valence-corrected chi connectivity index (χ4v) is 1.31. The zero-order valence-electron chi connectivity index (χ0n) is 9.46. The summed E-state index contributed by atoms with van der Waals surface area (Å²) in [5.41, 5.74) is -0.101. The van der Waals surface area contributed by atoms with Crippen molar-refractivity contribution in [2.75, 3.05) is 7.11 Å². The number of benzene rings is 1. The van der Waals surface area contributed by atoms with Crippen LogP contribution in [0.3, 0.4) is 0 Å². The number of carboxylic acid groups (broad SMARTS) is 1. The number of methoxy groups -OCH3 is 1. The van der Waals surface area contributed by atoms with E-state index in [4.69, 9.17) is 5.11 Å². The number of rotatable bonds is 4. The van der Waals surface area contributed by atoms with Crippen molar-refractivity contribution in [2.45, 2.75) is 13.3 Å². The molecule has 1 aromatic rings. The standard InChI is InChI=1S/C12H12F2O3/c1-3-7(12(15)16)4-8-5-10(14)11(17-2)6-9(8)13/h4-6H,3H2,1-2H3,(H,15,16). The van der Waals surface area contributed by atoms with Gasteiger partial charge < -0.3 is 9.84 Å². The van der Waals surface area contributed by atoms with Gasteiger partial charge in [-0.2, -0.15) is 0 Å². The SMILES string of the molecule is CCC(=Cc1cc(F)c(OC)cc1F)C(=O)O. The Kier molecular flexibility index (Phi) is 4.20. The monoisotopic (exact) mass is 242 g/mol. The van der Waals surface area contributed by atoms with Crippen molar-refractivity contribution < 1.29 is 23.4 Å². The number of carboxylic acids is 1. The highest BCUT2D eigenvalue weighted by Gasteiger charge is 2.11. The van der Waals surface area contributed by atoms with Gasteiger partial charge in [-0.15, -0.1) is 0 Å². The molecular formula is C12H12F2O3. The minimum absolute atomic E-state index is 0.00784. The molecule has 0 heterocycles. The van der Waals surface area contributed by atoms with Crippen molar-refractivity contribution in [3.63, 3.8) is 0 Å². The van der Waals surface area contributed by atoms with Crippen LogP contribution in [-0.4, -0.2) is 18.2 Å². The first-order valence-electron chi connectivity index (χ1n) is 4.96. The number of hydrogen-bond donors (Lipinski definition) is 1. The summed E-state index contributed by atoms with van der Waals surface area (Å²) in [5, 5.41) is 8.79. The van der Waals surface area contributed by atoms with Crippen molar-refractivity contribution in [1.29, 1.82) is 0 Å². The summed E-state index contributed by atoms with van der Waals surface area (Å²) in [6.45, 7) is 1.62. The molecule has 0 unspecified atom stereocenters. The predicted molar refractivity (Wildman–Crippen MR) is 58.8 cm³/mol. The molecule has 17 heavy (non-hydrogen) atoms. The first kappa shape index (κ1) is 13.2. The summed E-state index contributed by atoms with van der Waals surface area (Å²) in [5.74, 6) is -2.83. The van der Waals surface area contributed by atoms with E-state index in [0.717, 1.165) is 18.2 Å². The molecule has 1 aromatic carbocycles. The highest BCUT2D eigenvalue weighted by molar-refractivity contribution is 5.92. The first-order valence-corrected chi connectivity index (χ1v) is 4.96. The van der Waals surface area contributed by atoms with Crippen LogP contribution in [0.5, 0.6) is 5.75 Å². The number of halogens is 2. The lowest BCUT2D eigenvalue weighted by atomic mass is 10.1. The van der Waals surface area contributed by atoms with Crippen LogP contribution in [0.25, 0.3) is 6.08 Å². The van der Waals surface area contributed by atoms with E-state index in [9.17, 15) is 13.6 Å². The summed E-state index contributed by atoms with van der Waals surface area (Å²) < 4.78 is 31.4. The van der Waals surface area contributed by atoms with Crippen LogP contribution in [0.15, 0.2) is 17.7 Å². The van der Waals surface area contributed by atoms with Crippen molar-refractivity contribution in [2.24, 2.45) is 0 Å². The fourth-order valence-electron chi connectivity index (χ4n) is 1.31. The maximum absolute atomic E-state index is 13.5. The van der Waals surface area contributed by atoms with E-state index in [-0.39, 0.29) is 23.3 Å². The summed E-state index contributed by atoms with van der Waals surface area (Å²) in [6.07, 6.45) is 1.34. The molecule has 0 saturated heterocycles. The van der Waals surface area contributed by atoms with Gasteiger partial charge in [0, 0.05) is 17.2 Å². The van der Waals surface area contributed by atoms with Crippen LogP contribution in [0.1, 0.15) is 18.9 Å². The summed E-state index contributed by atoms with van der Waals surface area (Å²) in [6, 6.07) is 1.79. The molecular weight excluding hydrogens is 230 g/mol. The summed E-state index contributed by atoms with van der Waals surface area (Å²) in [4.78, 5) is 10.7. The van der Waals surface area contributed by atoms with E-state index in [0.29, 0.717) is 0 Å². The number of carbonyl (C=O) groups is 1. The average molecular weight is 242 g/mol. The topological polar surface area (TPSA) is 46.5 Å². The third-order valence-corrected chi connectivity index (χ3v) is 2.26. The second-order valence-electron chi connectivity index (χ2n) is 3.34. The highest BCUT2D eigenvalue weighted by Crippen LogP contribution is 2.23. The third kappa shape index (κ3) is 3.03. The lowest BCUT2D eigenvalue weighted by molar-refractivity contribution is -0.132. The van der Waals surface area contributed by atoms with Crippen LogP contribution in [-0.2, 0) is 4.79 Å². The maximum atomic E-state index is 13.5. The first-order chi connectivity index (χ1) is 7.99.